The molecule has 1 amide bonds. The zero-order valence-corrected chi connectivity index (χ0v) is 17.2. The fraction of sp³-hybridized carbons (Fsp3) is 0.789. The first-order valence-corrected chi connectivity index (χ1v) is 11.9. The number of fused-ring (bicyclic) bond motifs is 2. The van der Waals surface area contributed by atoms with Crippen molar-refractivity contribution in [1.29, 1.82) is 0 Å². The zero-order chi connectivity index (χ0) is 19.9. The smallest absolute Gasteiger partial charge is 0.273 e. The minimum atomic E-state index is -3.31. The molecule has 0 spiro atoms. The quantitative estimate of drug-likeness (QED) is 0.760. The van der Waals surface area contributed by atoms with Gasteiger partial charge in [0.25, 0.3) is 5.91 Å². The predicted molar refractivity (Wildman–Crippen MR) is 104 cm³/mol. The van der Waals surface area contributed by atoms with Crippen LogP contribution in [0.15, 0.2) is 10.6 Å². The molecule has 3 fully saturated rings. The Hall–Kier alpha value is -1.45. The molecule has 2 aliphatic heterocycles. The van der Waals surface area contributed by atoms with E-state index >= 15 is 0 Å². The van der Waals surface area contributed by atoms with E-state index in [1.165, 1.54) is 0 Å². The first-order valence-electron chi connectivity index (χ1n) is 10.4. The maximum atomic E-state index is 13.3. The molecule has 1 saturated carbocycles. The summed E-state index contributed by atoms with van der Waals surface area (Å²) in [6.45, 7) is 1.94. The molecule has 9 heteroatoms. The van der Waals surface area contributed by atoms with Gasteiger partial charge in [0.2, 0.25) is 10.0 Å². The molecule has 156 valence electrons. The Morgan fingerprint density at radius 3 is 2.43 bits per heavy atom. The Morgan fingerprint density at radius 2 is 1.86 bits per heavy atom. The van der Waals surface area contributed by atoms with Crippen molar-refractivity contribution in [2.75, 3.05) is 0 Å². The predicted octanol–water partition coefficient (Wildman–Crippen LogP) is 1.56. The van der Waals surface area contributed by atoms with Crippen LogP contribution in [0.25, 0.3) is 0 Å². The van der Waals surface area contributed by atoms with E-state index in [4.69, 9.17) is 10.3 Å². The third-order valence-electron chi connectivity index (χ3n) is 6.58. The molecule has 1 aliphatic carbocycles. The van der Waals surface area contributed by atoms with E-state index in [1.54, 1.807) is 10.4 Å². The van der Waals surface area contributed by atoms with Gasteiger partial charge in [0.1, 0.15) is 5.76 Å². The molecule has 1 aromatic rings. The highest BCUT2D eigenvalue weighted by atomic mass is 32.2. The van der Waals surface area contributed by atoms with E-state index < -0.39 is 10.0 Å². The molecule has 1 unspecified atom stereocenters. The summed E-state index contributed by atoms with van der Waals surface area (Å²) in [5, 5.41) is 6.55. The van der Waals surface area contributed by atoms with Crippen molar-refractivity contribution >= 4 is 15.9 Å². The first kappa shape index (κ1) is 19.8. The summed E-state index contributed by atoms with van der Waals surface area (Å²) < 4.78 is 33.4. The van der Waals surface area contributed by atoms with Gasteiger partial charge in [-0.3, -0.25) is 4.79 Å². The van der Waals surface area contributed by atoms with Gasteiger partial charge in [0.15, 0.2) is 5.69 Å². The molecule has 0 radical (unpaired) electrons. The monoisotopic (exact) mass is 410 g/mol. The van der Waals surface area contributed by atoms with Crippen LogP contribution < -0.4 is 11.1 Å². The van der Waals surface area contributed by atoms with Crippen LogP contribution in [0.2, 0.25) is 0 Å². The lowest BCUT2D eigenvalue weighted by Crippen LogP contribution is -2.55. The number of piperidine rings is 1. The molecule has 3 aliphatic rings. The fourth-order valence-electron chi connectivity index (χ4n) is 5.07. The van der Waals surface area contributed by atoms with E-state index in [0.29, 0.717) is 37.9 Å². The Labute approximate surface area is 166 Å². The SMILES string of the molecule is CCc1cc(C(=O)NC2C[C@H]3CC[C@@H](C2)N3S(=O)(=O)C2CCC(N)CC2)no1. The van der Waals surface area contributed by atoms with Crippen LogP contribution in [0.4, 0.5) is 0 Å². The number of carbonyl (C=O) groups excluding carboxylic acids is 1. The highest BCUT2D eigenvalue weighted by Crippen LogP contribution is 2.40. The molecule has 28 heavy (non-hydrogen) atoms. The van der Waals surface area contributed by atoms with Gasteiger partial charge in [-0.2, -0.15) is 4.31 Å². The highest BCUT2D eigenvalue weighted by Gasteiger charge is 2.49. The summed E-state index contributed by atoms with van der Waals surface area (Å²) >= 11 is 0. The van der Waals surface area contributed by atoms with E-state index in [1.807, 2.05) is 6.92 Å². The molecule has 4 rings (SSSR count). The van der Waals surface area contributed by atoms with Gasteiger partial charge in [-0.1, -0.05) is 12.1 Å². The number of aromatic nitrogens is 1. The molecular formula is C19H30N4O4S. The van der Waals surface area contributed by atoms with E-state index in [9.17, 15) is 13.2 Å². The van der Waals surface area contributed by atoms with Crippen LogP contribution in [0.3, 0.4) is 0 Å². The highest BCUT2D eigenvalue weighted by molar-refractivity contribution is 7.89. The lowest BCUT2D eigenvalue weighted by molar-refractivity contribution is 0.0899. The Balaban J connectivity index is 1.41. The van der Waals surface area contributed by atoms with Gasteiger partial charge in [0, 0.05) is 36.7 Å². The summed E-state index contributed by atoms with van der Waals surface area (Å²) in [6.07, 6.45) is 6.62. The fourth-order valence-corrected chi connectivity index (χ4v) is 7.50. The van der Waals surface area contributed by atoms with Gasteiger partial charge in [0.05, 0.1) is 5.25 Å². The van der Waals surface area contributed by atoms with Crippen LogP contribution in [0.1, 0.15) is 74.5 Å². The van der Waals surface area contributed by atoms with Crippen molar-refractivity contribution in [2.24, 2.45) is 5.73 Å². The van der Waals surface area contributed by atoms with E-state index in [2.05, 4.69) is 10.5 Å². The summed E-state index contributed by atoms with van der Waals surface area (Å²) in [5.41, 5.74) is 6.24. The molecular weight excluding hydrogens is 380 g/mol. The topological polar surface area (TPSA) is 119 Å². The minimum absolute atomic E-state index is 0.0202. The van der Waals surface area contributed by atoms with Gasteiger partial charge in [-0.15, -0.1) is 0 Å². The lowest BCUT2D eigenvalue weighted by atomic mass is 9.96. The molecule has 3 atom stereocenters. The lowest BCUT2D eigenvalue weighted by Gasteiger charge is -2.40. The van der Waals surface area contributed by atoms with Crippen LogP contribution in [-0.2, 0) is 16.4 Å². The van der Waals surface area contributed by atoms with Crippen LogP contribution in [0, 0.1) is 0 Å². The number of aryl methyl sites for hydroxylation is 1. The number of sulfonamides is 1. The first-order chi connectivity index (χ1) is 13.4. The second-order valence-electron chi connectivity index (χ2n) is 8.47. The third-order valence-corrected chi connectivity index (χ3v) is 9.07. The van der Waals surface area contributed by atoms with Gasteiger partial charge < -0.3 is 15.6 Å². The Bertz CT molecular complexity index is 802. The second-order valence-corrected chi connectivity index (χ2v) is 10.6. The summed E-state index contributed by atoms with van der Waals surface area (Å²) in [6, 6.07) is 1.73. The van der Waals surface area contributed by atoms with Gasteiger partial charge in [-0.25, -0.2) is 8.42 Å². The van der Waals surface area contributed by atoms with Crippen molar-refractivity contribution < 1.29 is 17.7 Å². The van der Waals surface area contributed by atoms with E-state index in [-0.39, 0.29) is 41.0 Å². The maximum absolute atomic E-state index is 13.3. The number of nitrogens with two attached hydrogens (primary N) is 1. The summed E-state index contributed by atoms with van der Waals surface area (Å²) in [5.74, 6) is 0.434. The average Bonchev–Trinajstić information content (AvgIpc) is 3.25. The number of hydrogen-bond acceptors (Lipinski definition) is 6. The zero-order valence-electron chi connectivity index (χ0n) is 16.3. The second kappa shape index (κ2) is 7.76. The van der Waals surface area contributed by atoms with Crippen molar-refractivity contribution in [3.63, 3.8) is 0 Å². The van der Waals surface area contributed by atoms with Gasteiger partial charge >= 0.3 is 0 Å². The van der Waals surface area contributed by atoms with Crippen molar-refractivity contribution in [3.05, 3.63) is 17.5 Å². The number of hydrogen-bond donors (Lipinski definition) is 2. The maximum Gasteiger partial charge on any atom is 0.273 e. The molecule has 1 aromatic heterocycles. The minimum Gasteiger partial charge on any atom is -0.361 e. The third kappa shape index (κ3) is 3.71. The number of carbonyl (C=O) groups is 1. The van der Waals surface area contributed by atoms with Gasteiger partial charge in [-0.05, 0) is 51.4 Å². The van der Waals surface area contributed by atoms with Crippen molar-refractivity contribution in [3.8, 4) is 0 Å². The van der Waals surface area contributed by atoms with Crippen molar-refractivity contribution in [1.82, 2.24) is 14.8 Å². The molecule has 8 nitrogen and oxygen atoms in total. The molecule has 3 N–H and O–H groups in total. The Kier molecular flexibility index (Phi) is 5.50. The molecule has 3 heterocycles. The van der Waals surface area contributed by atoms with Crippen LogP contribution in [0.5, 0.6) is 0 Å². The van der Waals surface area contributed by atoms with Crippen molar-refractivity contribution in [2.45, 2.75) is 94.1 Å². The number of nitrogens with one attached hydrogen (secondary N) is 1. The molecule has 2 saturated heterocycles. The van der Waals surface area contributed by atoms with Crippen LogP contribution in [-0.4, -0.2) is 53.2 Å². The number of amides is 1. The number of nitrogens with zero attached hydrogens (tertiary/aromatic N) is 2. The largest absolute Gasteiger partial charge is 0.361 e. The normalized spacial score (nSPS) is 33.7. The van der Waals surface area contributed by atoms with E-state index in [0.717, 1.165) is 25.7 Å². The molecule has 0 aromatic carbocycles. The summed E-state index contributed by atoms with van der Waals surface area (Å²) in [4.78, 5) is 12.5. The summed E-state index contributed by atoms with van der Waals surface area (Å²) in [7, 11) is -3.31. The van der Waals surface area contributed by atoms with Crippen LogP contribution >= 0.6 is 0 Å². The standard InChI is InChI=1S/C19H30N4O4S/c1-2-16-11-18(22-27-16)19(24)21-13-9-14-5-6-15(10-13)23(14)28(25,26)17-7-3-12(20)4-8-17/h11-15,17H,2-10,20H2,1H3,(H,21,24)/t12?,13?,14-,15+,17?. The number of rotatable bonds is 5. The molecule has 2 bridgehead atoms. The Morgan fingerprint density at radius 1 is 1.21 bits per heavy atom. The average molecular weight is 411 g/mol.